The molecule has 2 fully saturated rings. The Morgan fingerprint density at radius 1 is 1.09 bits per heavy atom. The van der Waals surface area contributed by atoms with Gasteiger partial charge in [0, 0.05) is 18.1 Å². The van der Waals surface area contributed by atoms with E-state index in [0.29, 0.717) is 10.8 Å². The summed E-state index contributed by atoms with van der Waals surface area (Å²) in [5.41, 5.74) is -0.498. The summed E-state index contributed by atoms with van der Waals surface area (Å²) in [6, 6.07) is 7.08. The van der Waals surface area contributed by atoms with Crippen LogP contribution in [0.25, 0.3) is 0 Å². The van der Waals surface area contributed by atoms with Crippen molar-refractivity contribution in [3.63, 3.8) is 0 Å². The van der Waals surface area contributed by atoms with E-state index in [1.807, 2.05) is 28.9 Å². The normalized spacial score (nSPS) is 20.6. The van der Waals surface area contributed by atoms with Crippen molar-refractivity contribution >= 4 is 11.6 Å². The maximum absolute atomic E-state index is 6.57. The Bertz CT molecular complexity index is 1080. The van der Waals surface area contributed by atoms with E-state index in [1.54, 1.807) is 11.0 Å². The van der Waals surface area contributed by atoms with Crippen molar-refractivity contribution in [2.75, 3.05) is 26.3 Å². The molecular formula is C24H33ClN8O2. The average Bonchev–Trinajstić information content (AvgIpc) is 3.62. The van der Waals surface area contributed by atoms with Crippen LogP contribution in [0, 0.1) is 5.41 Å². The van der Waals surface area contributed by atoms with Gasteiger partial charge in [-0.15, -0.1) is 5.10 Å². The molecular weight excluding hydrogens is 468 g/mol. The number of nitrogens with zero attached hydrogens (tertiary/aromatic N) is 8. The fourth-order valence-electron chi connectivity index (χ4n) is 5.50. The molecule has 5 rings (SSSR count). The third kappa shape index (κ3) is 4.79. The number of tetrazole rings is 1. The Morgan fingerprint density at radius 3 is 2.43 bits per heavy atom. The number of hydrogen-bond donors (Lipinski definition) is 0. The molecule has 1 aromatic carbocycles. The van der Waals surface area contributed by atoms with Crippen molar-refractivity contribution in [1.82, 2.24) is 39.9 Å². The van der Waals surface area contributed by atoms with Crippen molar-refractivity contribution in [2.24, 2.45) is 5.41 Å². The average molecular weight is 501 g/mol. The number of halogens is 1. The van der Waals surface area contributed by atoms with Gasteiger partial charge in [0.15, 0.2) is 5.82 Å². The lowest BCUT2D eigenvalue weighted by Gasteiger charge is -2.44. The first-order valence-electron chi connectivity index (χ1n) is 12.3. The molecule has 35 heavy (non-hydrogen) atoms. The van der Waals surface area contributed by atoms with Crippen LogP contribution in [-0.2, 0) is 10.3 Å². The third-order valence-corrected chi connectivity index (χ3v) is 7.40. The van der Waals surface area contributed by atoms with Gasteiger partial charge < -0.3 is 9.47 Å². The Labute approximate surface area is 210 Å². The van der Waals surface area contributed by atoms with E-state index in [-0.39, 0.29) is 17.0 Å². The SMILES string of the molecule is CC(C)(C)C(C(Oc1ccc(Cl)cc1)n1cncn1)n1nnnc1C1(N2CCOCC2)CCCC1. The molecule has 2 aliphatic rings. The number of aromatic nitrogens is 7. The van der Waals surface area contributed by atoms with Crippen molar-refractivity contribution < 1.29 is 9.47 Å². The molecule has 0 bridgehead atoms. The van der Waals surface area contributed by atoms with Crippen molar-refractivity contribution in [3.05, 3.63) is 47.8 Å². The van der Waals surface area contributed by atoms with Gasteiger partial charge in [0.25, 0.3) is 0 Å². The second kappa shape index (κ2) is 9.83. The van der Waals surface area contributed by atoms with E-state index in [2.05, 4.69) is 51.3 Å². The van der Waals surface area contributed by atoms with Crippen LogP contribution in [0.4, 0.5) is 0 Å². The minimum Gasteiger partial charge on any atom is -0.466 e. The molecule has 10 nitrogen and oxygen atoms in total. The van der Waals surface area contributed by atoms with Gasteiger partial charge in [0.05, 0.1) is 18.8 Å². The molecule has 2 atom stereocenters. The second-order valence-electron chi connectivity index (χ2n) is 10.4. The smallest absolute Gasteiger partial charge is 0.215 e. The van der Waals surface area contributed by atoms with Gasteiger partial charge in [-0.25, -0.2) is 14.3 Å². The van der Waals surface area contributed by atoms with Gasteiger partial charge in [-0.3, -0.25) is 4.90 Å². The predicted molar refractivity (Wildman–Crippen MR) is 130 cm³/mol. The Kier molecular flexibility index (Phi) is 6.78. The first-order chi connectivity index (χ1) is 16.9. The molecule has 1 saturated heterocycles. The summed E-state index contributed by atoms with van der Waals surface area (Å²) < 4.78 is 16.0. The van der Waals surface area contributed by atoms with Crippen LogP contribution >= 0.6 is 11.6 Å². The molecule has 0 radical (unpaired) electrons. The second-order valence-corrected chi connectivity index (χ2v) is 10.9. The molecule has 188 valence electrons. The molecule has 11 heteroatoms. The zero-order valence-corrected chi connectivity index (χ0v) is 21.3. The topological polar surface area (TPSA) is 96.0 Å². The molecule has 0 spiro atoms. The van der Waals surface area contributed by atoms with Crippen LogP contribution in [0.5, 0.6) is 5.75 Å². The number of benzene rings is 1. The Hall–Kier alpha value is -2.56. The quantitative estimate of drug-likeness (QED) is 0.482. The number of rotatable bonds is 7. The highest BCUT2D eigenvalue weighted by molar-refractivity contribution is 6.30. The van der Waals surface area contributed by atoms with E-state index in [0.717, 1.165) is 57.8 Å². The van der Waals surface area contributed by atoms with E-state index in [4.69, 9.17) is 21.1 Å². The molecule has 2 aromatic heterocycles. The number of hydrogen-bond acceptors (Lipinski definition) is 8. The van der Waals surface area contributed by atoms with Gasteiger partial charge in [0.1, 0.15) is 24.4 Å². The highest BCUT2D eigenvalue weighted by Gasteiger charge is 2.49. The van der Waals surface area contributed by atoms with E-state index in [9.17, 15) is 0 Å². The first-order valence-corrected chi connectivity index (χ1v) is 12.6. The molecule has 1 aliphatic heterocycles. The molecule has 1 saturated carbocycles. The van der Waals surface area contributed by atoms with E-state index >= 15 is 0 Å². The van der Waals surface area contributed by atoms with Gasteiger partial charge in [-0.05, 0) is 52.9 Å². The summed E-state index contributed by atoms with van der Waals surface area (Å²) in [6.45, 7) is 9.74. The zero-order valence-electron chi connectivity index (χ0n) is 20.5. The maximum atomic E-state index is 6.57. The van der Waals surface area contributed by atoms with Gasteiger partial charge in [0.2, 0.25) is 6.23 Å². The minimum absolute atomic E-state index is 0.218. The summed E-state index contributed by atoms with van der Waals surface area (Å²) in [6.07, 6.45) is 7.01. The largest absolute Gasteiger partial charge is 0.466 e. The van der Waals surface area contributed by atoms with Crippen LogP contribution in [0.1, 0.15) is 64.5 Å². The molecule has 3 aromatic rings. The van der Waals surface area contributed by atoms with Crippen molar-refractivity contribution in [1.29, 1.82) is 0 Å². The zero-order chi connectivity index (χ0) is 24.5. The summed E-state index contributed by atoms with van der Waals surface area (Å²) in [7, 11) is 0. The molecule has 0 amide bonds. The van der Waals surface area contributed by atoms with Crippen molar-refractivity contribution in [3.8, 4) is 5.75 Å². The Balaban J connectivity index is 1.59. The summed E-state index contributed by atoms with van der Waals surface area (Å²) in [4.78, 5) is 6.72. The standard InChI is InChI=1S/C24H33ClN8O2/c1-23(2,3)20(21(32-17-26-16-27-32)35-19-8-6-18(25)7-9-19)33-22(28-29-30-33)24(10-4-5-11-24)31-12-14-34-15-13-31/h6-9,16-17,20-21H,4-5,10-15H2,1-3H3. The molecule has 0 N–H and O–H groups in total. The van der Waals surface area contributed by atoms with Crippen LogP contribution in [0.15, 0.2) is 36.9 Å². The van der Waals surface area contributed by atoms with Gasteiger partial charge in [-0.2, -0.15) is 5.10 Å². The lowest BCUT2D eigenvalue weighted by Crippen LogP contribution is -2.52. The van der Waals surface area contributed by atoms with Crippen molar-refractivity contribution in [2.45, 2.75) is 64.3 Å². The van der Waals surface area contributed by atoms with E-state index < -0.39 is 6.23 Å². The number of morpholine rings is 1. The van der Waals surface area contributed by atoms with E-state index in [1.165, 1.54) is 6.33 Å². The third-order valence-electron chi connectivity index (χ3n) is 7.14. The fourth-order valence-corrected chi connectivity index (χ4v) is 5.63. The van der Waals surface area contributed by atoms with Gasteiger partial charge in [-0.1, -0.05) is 45.2 Å². The molecule has 3 heterocycles. The van der Waals surface area contributed by atoms with Crippen LogP contribution in [-0.4, -0.2) is 66.2 Å². The van der Waals surface area contributed by atoms with Gasteiger partial charge >= 0.3 is 0 Å². The summed E-state index contributed by atoms with van der Waals surface area (Å²) >= 11 is 6.12. The summed E-state index contributed by atoms with van der Waals surface area (Å²) in [5.74, 6) is 1.57. The summed E-state index contributed by atoms with van der Waals surface area (Å²) in [5, 5.41) is 18.6. The minimum atomic E-state index is -0.538. The highest BCUT2D eigenvalue weighted by atomic mass is 35.5. The maximum Gasteiger partial charge on any atom is 0.215 e. The lowest BCUT2D eigenvalue weighted by molar-refractivity contribution is -0.0381. The lowest BCUT2D eigenvalue weighted by atomic mass is 9.84. The monoisotopic (exact) mass is 500 g/mol. The first kappa shape index (κ1) is 24.1. The predicted octanol–water partition coefficient (Wildman–Crippen LogP) is 3.88. The molecule has 1 aliphatic carbocycles. The number of ether oxygens (including phenoxy) is 2. The van der Waals surface area contributed by atoms with Crippen LogP contribution in [0.2, 0.25) is 5.02 Å². The van der Waals surface area contributed by atoms with Crippen LogP contribution in [0.3, 0.4) is 0 Å². The molecule has 2 unspecified atom stereocenters. The Morgan fingerprint density at radius 2 is 1.80 bits per heavy atom. The fraction of sp³-hybridized carbons (Fsp3) is 0.625. The highest BCUT2D eigenvalue weighted by Crippen LogP contribution is 2.47. The van der Waals surface area contributed by atoms with Crippen LogP contribution < -0.4 is 4.74 Å².